The number of ether oxygens (including phenoxy) is 1. The molecule has 0 radical (unpaired) electrons. The topological polar surface area (TPSA) is 55.6 Å². The molecule has 0 spiro atoms. The summed E-state index contributed by atoms with van der Waals surface area (Å²) in [5, 5.41) is 0. The molecule has 80 valence electrons. The van der Waals surface area contributed by atoms with Crippen molar-refractivity contribution < 1.29 is 9.53 Å². The van der Waals surface area contributed by atoms with Gasteiger partial charge in [-0.05, 0) is 26.7 Å². The Kier molecular flexibility index (Phi) is 2.08. The van der Waals surface area contributed by atoms with E-state index in [-0.39, 0.29) is 11.4 Å². The molecule has 0 saturated carbocycles. The van der Waals surface area contributed by atoms with Gasteiger partial charge in [0.25, 0.3) is 5.91 Å². The lowest BCUT2D eigenvalue weighted by molar-refractivity contribution is -0.158. The fraction of sp³-hybridized carbons (Fsp3) is 0.900. The van der Waals surface area contributed by atoms with Crippen molar-refractivity contribution in [1.29, 1.82) is 0 Å². The van der Waals surface area contributed by atoms with Gasteiger partial charge >= 0.3 is 0 Å². The van der Waals surface area contributed by atoms with Gasteiger partial charge in [0.15, 0.2) is 0 Å². The van der Waals surface area contributed by atoms with E-state index in [0.717, 1.165) is 12.8 Å². The predicted octanol–water partition coefficient (Wildman–Crippen LogP) is 0.115. The molecule has 2 aliphatic rings. The molecule has 0 aromatic rings. The number of likely N-dealkylation sites (tertiary alicyclic amines) is 1. The number of carbonyl (C=O) groups excluding carboxylic acids is 1. The second-order valence-electron chi connectivity index (χ2n) is 5.00. The first-order chi connectivity index (χ1) is 6.43. The van der Waals surface area contributed by atoms with Crippen LogP contribution >= 0.6 is 0 Å². The van der Waals surface area contributed by atoms with Crippen LogP contribution in [0.3, 0.4) is 0 Å². The second-order valence-corrected chi connectivity index (χ2v) is 5.00. The molecule has 4 heteroatoms. The van der Waals surface area contributed by atoms with Crippen molar-refractivity contribution in [3.8, 4) is 0 Å². The molecule has 2 aliphatic heterocycles. The van der Waals surface area contributed by atoms with Crippen molar-refractivity contribution in [3.05, 3.63) is 0 Å². The second kappa shape index (κ2) is 2.94. The number of nitrogens with zero attached hydrogens (tertiary/aromatic N) is 1. The maximum absolute atomic E-state index is 12.0. The highest BCUT2D eigenvalue weighted by Gasteiger charge is 2.47. The van der Waals surface area contributed by atoms with Crippen molar-refractivity contribution in [2.75, 3.05) is 19.7 Å². The van der Waals surface area contributed by atoms with E-state index in [1.54, 1.807) is 4.90 Å². The van der Waals surface area contributed by atoms with Crippen molar-refractivity contribution in [3.63, 3.8) is 0 Å². The van der Waals surface area contributed by atoms with Crippen LogP contribution in [0.4, 0.5) is 0 Å². The van der Waals surface area contributed by atoms with Crippen LogP contribution in [0.15, 0.2) is 0 Å². The zero-order chi connectivity index (χ0) is 10.4. The molecule has 2 rings (SSSR count). The SMILES string of the molecule is CC1(N)CN(C(=O)C2(C)CCCO2)C1. The van der Waals surface area contributed by atoms with E-state index in [1.807, 2.05) is 13.8 Å². The summed E-state index contributed by atoms with van der Waals surface area (Å²) in [4.78, 5) is 13.8. The summed E-state index contributed by atoms with van der Waals surface area (Å²) in [6.07, 6.45) is 1.82. The Labute approximate surface area is 84.4 Å². The lowest BCUT2D eigenvalue weighted by atomic mass is 9.90. The number of hydrogen-bond donors (Lipinski definition) is 1. The first-order valence-electron chi connectivity index (χ1n) is 5.15. The molecular formula is C10H18N2O2. The summed E-state index contributed by atoms with van der Waals surface area (Å²) < 4.78 is 5.50. The number of rotatable bonds is 1. The molecule has 4 nitrogen and oxygen atoms in total. The molecular weight excluding hydrogens is 180 g/mol. The van der Waals surface area contributed by atoms with Gasteiger partial charge in [0, 0.05) is 25.2 Å². The van der Waals surface area contributed by atoms with Gasteiger partial charge in [-0.15, -0.1) is 0 Å². The fourth-order valence-electron chi connectivity index (χ4n) is 2.25. The molecule has 0 aromatic heterocycles. The molecule has 0 aromatic carbocycles. The molecule has 0 bridgehead atoms. The van der Waals surface area contributed by atoms with Crippen LogP contribution in [-0.4, -0.2) is 41.6 Å². The Morgan fingerprint density at radius 2 is 2.07 bits per heavy atom. The normalized spacial score (nSPS) is 35.5. The van der Waals surface area contributed by atoms with Gasteiger partial charge in [-0.1, -0.05) is 0 Å². The number of hydrogen-bond acceptors (Lipinski definition) is 3. The smallest absolute Gasteiger partial charge is 0.254 e. The number of nitrogens with two attached hydrogens (primary N) is 1. The lowest BCUT2D eigenvalue weighted by Crippen LogP contribution is -2.69. The lowest BCUT2D eigenvalue weighted by Gasteiger charge is -2.47. The maximum Gasteiger partial charge on any atom is 0.254 e. The van der Waals surface area contributed by atoms with E-state index in [0.29, 0.717) is 19.7 Å². The monoisotopic (exact) mass is 198 g/mol. The van der Waals surface area contributed by atoms with Crippen LogP contribution < -0.4 is 5.73 Å². The van der Waals surface area contributed by atoms with Gasteiger partial charge in [-0.2, -0.15) is 0 Å². The molecule has 1 atom stereocenters. The van der Waals surface area contributed by atoms with Gasteiger partial charge in [0.2, 0.25) is 0 Å². The molecule has 2 N–H and O–H groups in total. The van der Waals surface area contributed by atoms with E-state index in [9.17, 15) is 4.79 Å². The molecule has 1 unspecified atom stereocenters. The number of amides is 1. The largest absolute Gasteiger partial charge is 0.365 e. The minimum atomic E-state index is -0.573. The molecule has 14 heavy (non-hydrogen) atoms. The maximum atomic E-state index is 12.0. The van der Waals surface area contributed by atoms with Crippen LogP contribution in [0.5, 0.6) is 0 Å². The first kappa shape index (κ1) is 9.93. The third-order valence-electron chi connectivity index (χ3n) is 3.06. The minimum absolute atomic E-state index is 0.109. The van der Waals surface area contributed by atoms with Crippen LogP contribution in [-0.2, 0) is 9.53 Å². The van der Waals surface area contributed by atoms with Crippen molar-refractivity contribution in [2.24, 2.45) is 5.73 Å². The quantitative estimate of drug-likeness (QED) is 0.651. The summed E-state index contributed by atoms with van der Waals surface area (Å²) >= 11 is 0. The highest BCUT2D eigenvalue weighted by atomic mass is 16.5. The van der Waals surface area contributed by atoms with Gasteiger partial charge in [0.05, 0.1) is 0 Å². The van der Waals surface area contributed by atoms with E-state index in [2.05, 4.69) is 0 Å². The Hall–Kier alpha value is -0.610. The summed E-state index contributed by atoms with van der Waals surface area (Å²) in [7, 11) is 0. The van der Waals surface area contributed by atoms with Gasteiger partial charge < -0.3 is 15.4 Å². The Balaban J connectivity index is 1.96. The van der Waals surface area contributed by atoms with Gasteiger partial charge in [-0.3, -0.25) is 4.79 Å². The van der Waals surface area contributed by atoms with Crippen LogP contribution in [0, 0.1) is 0 Å². The van der Waals surface area contributed by atoms with Crippen molar-refractivity contribution in [1.82, 2.24) is 4.90 Å². The average Bonchev–Trinajstić information content (AvgIpc) is 2.47. The minimum Gasteiger partial charge on any atom is -0.365 e. The highest BCUT2D eigenvalue weighted by molar-refractivity contribution is 5.86. The van der Waals surface area contributed by atoms with Crippen LogP contribution in [0.1, 0.15) is 26.7 Å². The zero-order valence-electron chi connectivity index (χ0n) is 8.88. The fourth-order valence-corrected chi connectivity index (χ4v) is 2.25. The predicted molar refractivity (Wildman–Crippen MR) is 52.8 cm³/mol. The average molecular weight is 198 g/mol. The Morgan fingerprint density at radius 1 is 1.43 bits per heavy atom. The standard InChI is InChI=1S/C10H18N2O2/c1-9(11)6-12(7-9)8(13)10(2)4-3-5-14-10/h3-7,11H2,1-2H3. The van der Waals surface area contributed by atoms with E-state index < -0.39 is 5.60 Å². The van der Waals surface area contributed by atoms with Crippen LogP contribution in [0.25, 0.3) is 0 Å². The number of carbonyl (C=O) groups is 1. The third-order valence-corrected chi connectivity index (χ3v) is 3.06. The van der Waals surface area contributed by atoms with E-state index >= 15 is 0 Å². The molecule has 0 aliphatic carbocycles. The van der Waals surface area contributed by atoms with Crippen LogP contribution in [0.2, 0.25) is 0 Å². The summed E-state index contributed by atoms with van der Waals surface area (Å²) in [6, 6.07) is 0. The molecule has 1 amide bonds. The summed E-state index contributed by atoms with van der Waals surface area (Å²) in [5.41, 5.74) is 5.09. The summed E-state index contributed by atoms with van der Waals surface area (Å²) in [6.45, 7) is 5.87. The first-order valence-corrected chi connectivity index (χ1v) is 5.15. The zero-order valence-corrected chi connectivity index (χ0v) is 8.88. The van der Waals surface area contributed by atoms with Crippen molar-refractivity contribution in [2.45, 2.75) is 37.8 Å². The van der Waals surface area contributed by atoms with E-state index in [4.69, 9.17) is 10.5 Å². The van der Waals surface area contributed by atoms with Gasteiger partial charge in [0.1, 0.15) is 5.60 Å². The molecule has 2 heterocycles. The summed E-state index contributed by atoms with van der Waals surface area (Å²) in [5.74, 6) is 0.109. The van der Waals surface area contributed by atoms with Gasteiger partial charge in [-0.25, -0.2) is 0 Å². The Bertz CT molecular complexity index is 249. The molecule has 2 fully saturated rings. The third kappa shape index (κ3) is 1.53. The van der Waals surface area contributed by atoms with Crippen molar-refractivity contribution >= 4 is 5.91 Å². The molecule has 2 saturated heterocycles. The Morgan fingerprint density at radius 3 is 2.50 bits per heavy atom. The van der Waals surface area contributed by atoms with E-state index in [1.165, 1.54) is 0 Å². The highest BCUT2D eigenvalue weighted by Crippen LogP contribution is 2.30.